The van der Waals surface area contributed by atoms with E-state index in [2.05, 4.69) is 0 Å². The van der Waals surface area contributed by atoms with Crippen molar-refractivity contribution >= 4 is 43.9 Å². The lowest BCUT2D eigenvalue weighted by molar-refractivity contribution is 0.450. The third-order valence-electron chi connectivity index (χ3n) is 7.25. The number of aryl methyl sites for hydroxylation is 1. The molecule has 5 aromatic rings. The average molecular weight is 501 g/mol. The van der Waals surface area contributed by atoms with Gasteiger partial charge in [0.25, 0.3) is 5.56 Å². The van der Waals surface area contributed by atoms with Crippen LogP contribution in [-0.2, 0) is 6.54 Å². The number of fused-ring (bicyclic) bond motifs is 2. The molecule has 6 rings (SSSR count). The first-order valence-electron chi connectivity index (χ1n) is 12.1. The van der Waals surface area contributed by atoms with Gasteiger partial charge in [-0.2, -0.15) is 0 Å². The van der Waals surface area contributed by atoms with Crippen LogP contribution < -0.4 is 11.2 Å². The van der Waals surface area contributed by atoms with Gasteiger partial charge in [-0.15, -0.1) is 11.3 Å². The van der Waals surface area contributed by atoms with Crippen LogP contribution in [-0.4, -0.2) is 9.13 Å². The molecule has 35 heavy (non-hydrogen) atoms. The Morgan fingerprint density at radius 2 is 1.66 bits per heavy atom. The highest BCUT2D eigenvalue weighted by Crippen LogP contribution is 2.40. The second kappa shape index (κ2) is 8.81. The predicted octanol–water partition coefficient (Wildman–Crippen LogP) is 7.19. The van der Waals surface area contributed by atoms with Gasteiger partial charge in [-0.25, -0.2) is 9.36 Å². The van der Waals surface area contributed by atoms with Crippen molar-refractivity contribution in [2.75, 3.05) is 0 Å². The molecule has 0 unspecified atom stereocenters. The molecule has 2 aromatic heterocycles. The van der Waals surface area contributed by atoms with Crippen LogP contribution in [0, 0.1) is 12.8 Å². The monoisotopic (exact) mass is 500 g/mol. The van der Waals surface area contributed by atoms with Gasteiger partial charge in [0.05, 0.1) is 11.1 Å². The number of nitrogens with zero attached hydrogens (tertiary/aromatic N) is 2. The summed E-state index contributed by atoms with van der Waals surface area (Å²) in [7, 11) is 0. The Balaban J connectivity index is 1.71. The van der Waals surface area contributed by atoms with Crippen molar-refractivity contribution < 1.29 is 0 Å². The summed E-state index contributed by atoms with van der Waals surface area (Å²) in [6, 6.07) is 21.4. The van der Waals surface area contributed by atoms with Gasteiger partial charge in [-0.1, -0.05) is 79.0 Å². The van der Waals surface area contributed by atoms with Gasteiger partial charge >= 0.3 is 5.69 Å². The number of hydrogen-bond acceptors (Lipinski definition) is 3. The van der Waals surface area contributed by atoms with Crippen molar-refractivity contribution in [3.8, 4) is 16.1 Å². The van der Waals surface area contributed by atoms with Crippen LogP contribution in [0.15, 0.2) is 76.3 Å². The van der Waals surface area contributed by atoms with Crippen LogP contribution in [0.4, 0.5) is 0 Å². The fourth-order valence-electron chi connectivity index (χ4n) is 5.48. The summed E-state index contributed by atoms with van der Waals surface area (Å²) in [4.78, 5) is 29.8. The quantitative estimate of drug-likeness (QED) is 0.262. The minimum Gasteiger partial charge on any atom is -0.284 e. The number of hydrogen-bond donors (Lipinski definition) is 0. The van der Waals surface area contributed by atoms with E-state index in [4.69, 9.17) is 11.6 Å². The maximum Gasteiger partial charge on any atom is 0.336 e. The summed E-state index contributed by atoms with van der Waals surface area (Å²) in [6.45, 7) is 2.60. The van der Waals surface area contributed by atoms with Crippen molar-refractivity contribution in [1.29, 1.82) is 0 Å². The standard InChI is InChI=1S/C29H25ClN2O2S/c1-18-25-27(33)32(24-16-8-12-20-11-4-5-13-21(20)24)29(34)31(17-19-9-2-3-10-19)28(25)35-26(18)22-14-6-7-15-23(22)30/h4-8,11-16,19H,2-3,9-10,17H2,1H3. The molecule has 0 atom stereocenters. The van der Waals surface area contributed by atoms with Gasteiger partial charge in [0.1, 0.15) is 4.83 Å². The largest absolute Gasteiger partial charge is 0.336 e. The van der Waals surface area contributed by atoms with Crippen molar-refractivity contribution in [3.63, 3.8) is 0 Å². The van der Waals surface area contributed by atoms with E-state index in [1.54, 1.807) is 0 Å². The summed E-state index contributed by atoms with van der Waals surface area (Å²) in [5.74, 6) is 0.445. The molecular weight excluding hydrogens is 476 g/mol. The van der Waals surface area contributed by atoms with E-state index in [0.29, 0.717) is 28.6 Å². The number of rotatable bonds is 4. The molecule has 1 fully saturated rings. The predicted molar refractivity (Wildman–Crippen MR) is 146 cm³/mol. The number of aromatic nitrogens is 2. The molecule has 176 valence electrons. The summed E-state index contributed by atoms with van der Waals surface area (Å²) in [6.07, 6.45) is 4.62. The van der Waals surface area contributed by atoms with Crippen molar-refractivity contribution in [3.05, 3.63) is 98.2 Å². The highest BCUT2D eigenvalue weighted by molar-refractivity contribution is 7.22. The van der Waals surface area contributed by atoms with Crippen LogP contribution in [0.5, 0.6) is 0 Å². The minimum atomic E-state index is -0.268. The molecule has 0 spiro atoms. The summed E-state index contributed by atoms with van der Waals surface area (Å²) in [5, 5.41) is 3.13. The highest BCUT2D eigenvalue weighted by Gasteiger charge is 2.25. The highest BCUT2D eigenvalue weighted by atomic mass is 35.5. The molecular formula is C29H25ClN2O2S. The number of halogens is 1. The first-order valence-corrected chi connectivity index (χ1v) is 13.3. The van der Waals surface area contributed by atoms with E-state index < -0.39 is 0 Å². The molecule has 0 bridgehead atoms. The van der Waals surface area contributed by atoms with Gasteiger partial charge in [-0.05, 0) is 48.8 Å². The van der Waals surface area contributed by atoms with Crippen LogP contribution in [0.2, 0.25) is 5.02 Å². The Bertz CT molecular complexity index is 1700. The van der Waals surface area contributed by atoms with E-state index in [9.17, 15) is 9.59 Å². The summed E-state index contributed by atoms with van der Waals surface area (Å²) in [5.41, 5.74) is 1.86. The maximum absolute atomic E-state index is 14.1. The van der Waals surface area contributed by atoms with Crippen LogP contribution >= 0.6 is 22.9 Å². The second-order valence-corrected chi connectivity index (χ2v) is 10.8. The minimum absolute atomic E-state index is 0.266. The number of thiophene rings is 1. The molecule has 0 amide bonds. The zero-order valence-corrected chi connectivity index (χ0v) is 21.0. The van der Waals surface area contributed by atoms with Gasteiger partial charge in [0, 0.05) is 27.4 Å². The fourth-order valence-corrected chi connectivity index (χ4v) is 7.10. The Labute approximate surface area is 212 Å². The molecule has 0 saturated heterocycles. The smallest absolute Gasteiger partial charge is 0.284 e. The van der Waals surface area contributed by atoms with Crippen molar-refractivity contribution in [2.24, 2.45) is 5.92 Å². The van der Waals surface area contributed by atoms with Crippen LogP contribution in [0.3, 0.4) is 0 Å². The van der Waals surface area contributed by atoms with E-state index in [1.807, 2.05) is 78.2 Å². The molecule has 0 aliphatic heterocycles. The molecule has 4 nitrogen and oxygen atoms in total. The van der Waals surface area contributed by atoms with Gasteiger partial charge < -0.3 is 0 Å². The Morgan fingerprint density at radius 3 is 2.46 bits per heavy atom. The maximum atomic E-state index is 14.1. The Hall–Kier alpha value is -3.15. The first-order chi connectivity index (χ1) is 17.0. The summed E-state index contributed by atoms with van der Waals surface area (Å²) >= 11 is 8.06. The molecule has 3 aromatic carbocycles. The van der Waals surface area contributed by atoms with Crippen LogP contribution in [0.1, 0.15) is 31.2 Å². The number of benzene rings is 3. The first kappa shape index (κ1) is 22.3. The molecule has 1 aliphatic rings. The van der Waals surface area contributed by atoms with Gasteiger partial charge in [0.15, 0.2) is 0 Å². The fraction of sp³-hybridized carbons (Fsp3) is 0.241. The van der Waals surface area contributed by atoms with Crippen molar-refractivity contribution in [1.82, 2.24) is 9.13 Å². The van der Waals surface area contributed by atoms with E-state index in [1.165, 1.54) is 28.7 Å². The van der Waals surface area contributed by atoms with Gasteiger partial charge in [-0.3, -0.25) is 9.36 Å². The molecule has 0 N–H and O–H groups in total. The van der Waals surface area contributed by atoms with Crippen LogP contribution in [0.25, 0.3) is 37.1 Å². The van der Waals surface area contributed by atoms with E-state index in [0.717, 1.165) is 44.4 Å². The Morgan fingerprint density at radius 1 is 0.943 bits per heavy atom. The van der Waals surface area contributed by atoms with Gasteiger partial charge in [0.2, 0.25) is 0 Å². The zero-order chi connectivity index (χ0) is 24.1. The lowest BCUT2D eigenvalue weighted by Gasteiger charge is -2.16. The third-order valence-corrected chi connectivity index (χ3v) is 8.93. The van der Waals surface area contributed by atoms with E-state index >= 15 is 0 Å². The SMILES string of the molecule is Cc1c(-c2ccccc2Cl)sc2c1c(=O)n(-c1cccc3ccccc13)c(=O)n2CC1CCCC1. The second-order valence-electron chi connectivity index (χ2n) is 9.40. The summed E-state index contributed by atoms with van der Waals surface area (Å²) < 4.78 is 3.24. The topological polar surface area (TPSA) is 44.0 Å². The van der Waals surface area contributed by atoms with Crippen molar-refractivity contribution in [2.45, 2.75) is 39.2 Å². The molecule has 1 saturated carbocycles. The molecule has 1 aliphatic carbocycles. The molecule has 0 radical (unpaired) electrons. The Kier molecular flexibility index (Phi) is 5.62. The lowest BCUT2D eigenvalue weighted by atomic mass is 10.1. The lowest BCUT2D eigenvalue weighted by Crippen LogP contribution is -2.39. The zero-order valence-electron chi connectivity index (χ0n) is 19.5. The van der Waals surface area contributed by atoms with E-state index in [-0.39, 0.29) is 11.2 Å². The molecule has 2 heterocycles. The normalized spacial score (nSPS) is 14.3. The average Bonchev–Trinajstić information content (AvgIpc) is 3.50. The molecule has 6 heteroatoms. The third kappa shape index (κ3) is 3.65.